The maximum Gasteiger partial charge on any atom is 0.195 e. The number of nitrogens with zero attached hydrogens (tertiary/aromatic N) is 3. The van der Waals surface area contributed by atoms with Crippen molar-refractivity contribution >= 4 is 22.1 Å². The molecule has 1 aliphatic heterocycles. The highest BCUT2D eigenvalue weighted by atomic mass is 32.1. The van der Waals surface area contributed by atoms with Gasteiger partial charge in [0.05, 0.1) is 12.3 Å². The second-order valence-electron chi connectivity index (χ2n) is 5.33. The standard InChI is InChI=1S/C13H19N3OS/c1-9(2)10-3-4-15(7-10)12-11(8-17)16-5-6-18-13(16)14-12/h5-6,9-10,17H,3-4,7-8H2,1-2H3. The molecule has 1 atom stereocenters. The summed E-state index contributed by atoms with van der Waals surface area (Å²) in [5.41, 5.74) is 0.927. The largest absolute Gasteiger partial charge is 0.390 e. The van der Waals surface area contributed by atoms with Gasteiger partial charge < -0.3 is 10.0 Å². The Balaban J connectivity index is 1.92. The van der Waals surface area contributed by atoms with E-state index in [1.165, 1.54) is 6.42 Å². The van der Waals surface area contributed by atoms with Gasteiger partial charge in [-0.3, -0.25) is 4.40 Å². The van der Waals surface area contributed by atoms with E-state index in [4.69, 9.17) is 0 Å². The summed E-state index contributed by atoms with van der Waals surface area (Å²) in [6.07, 6.45) is 3.21. The summed E-state index contributed by atoms with van der Waals surface area (Å²) in [4.78, 5) is 7.97. The summed E-state index contributed by atoms with van der Waals surface area (Å²) in [5.74, 6) is 2.44. The van der Waals surface area contributed by atoms with Gasteiger partial charge in [-0.25, -0.2) is 4.98 Å². The van der Waals surface area contributed by atoms with Crippen molar-refractivity contribution in [3.63, 3.8) is 0 Å². The van der Waals surface area contributed by atoms with Crippen LogP contribution >= 0.6 is 11.3 Å². The highest BCUT2D eigenvalue weighted by Gasteiger charge is 2.28. The van der Waals surface area contributed by atoms with Gasteiger partial charge in [-0.1, -0.05) is 13.8 Å². The van der Waals surface area contributed by atoms with E-state index in [0.29, 0.717) is 0 Å². The lowest BCUT2D eigenvalue weighted by Crippen LogP contribution is -2.22. The molecule has 18 heavy (non-hydrogen) atoms. The highest BCUT2D eigenvalue weighted by molar-refractivity contribution is 7.15. The fourth-order valence-electron chi connectivity index (χ4n) is 2.75. The summed E-state index contributed by atoms with van der Waals surface area (Å²) in [6, 6.07) is 0. The Labute approximate surface area is 111 Å². The number of hydrogen-bond donors (Lipinski definition) is 1. The number of aromatic nitrogens is 2. The average molecular weight is 265 g/mol. The van der Waals surface area contributed by atoms with Crippen LogP contribution in [0.4, 0.5) is 5.82 Å². The number of anilines is 1. The van der Waals surface area contributed by atoms with E-state index in [-0.39, 0.29) is 6.61 Å². The van der Waals surface area contributed by atoms with Crippen molar-refractivity contribution in [2.45, 2.75) is 26.9 Å². The van der Waals surface area contributed by atoms with Gasteiger partial charge in [-0.2, -0.15) is 0 Å². The van der Waals surface area contributed by atoms with Crippen LogP contribution in [0.5, 0.6) is 0 Å². The molecule has 2 aromatic heterocycles. The maximum atomic E-state index is 9.58. The quantitative estimate of drug-likeness (QED) is 0.926. The van der Waals surface area contributed by atoms with Crippen molar-refractivity contribution in [1.29, 1.82) is 0 Å². The minimum Gasteiger partial charge on any atom is -0.390 e. The van der Waals surface area contributed by atoms with Gasteiger partial charge >= 0.3 is 0 Å². The lowest BCUT2D eigenvalue weighted by atomic mass is 9.95. The predicted octanol–water partition coefficient (Wildman–Crippen LogP) is 2.37. The van der Waals surface area contributed by atoms with Crippen LogP contribution < -0.4 is 4.90 Å². The monoisotopic (exact) mass is 265 g/mol. The number of aliphatic hydroxyl groups excluding tert-OH is 1. The van der Waals surface area contributed by atoms with E-state index in [0.717, 1.165) is 41.4 Å². The molecule has 0 amide bonds. The third-order valence-corrected chi connectivity index (χ3v) is 4.71. The van der Waals surface area contributed by atoms with E-state index in [1.807, 2.05) is 16.0 Å². The molecule has 1 fully saturated rings. The summed E-state index contributed by atoms with van der Waals surface area (Å²) in [7, 11) is 0. The third-order valence-electron chi connectivity index (χ3n) is 3.96. The lowest BCUT2D eigenvalue weighted by molar-refractivity contribution is 0.276. The van der Waals surface area contributed by atoms with Crippen LogP contribution in [-0.2, 0) is 6.61 Å². The molecule has 0 radical (unpaired) electrons. The first-order valence-electron chi connectivity index (χ1n) is 6.51. The van der Waals surface area contributed by atoms with Gasteiger partial charge in [0.2, 0.25) is 0 Å². The first-order chi connectivity index (χ1) is 8.70. The van der Waals surface area contributed by atoms with E-state index in [1.54, 1.807) is 11.3 Å². The molecule has 0 bridgehead atoms. The van der Waals surface area contributed by atoms with Crippen LogP contribution in [-0.4, -0.2) is 27.6 Å². The molecule has 0 aromatic carbocycles. The average Bonchev–Trinajstić information content (AvgIpc) is 3.02. The fraction of sp³-hybridized carbons (Fsp3) is 0.615. The number of imidazole rings is 1. The zero-order valence-corrected chi connectivity index (χ0v) is 11.7. The van der Waals surface area contributed by atoms with Crippen LogP contribution in [0.1, 0.15) is 26.0 Å². The smallest absolute Gasteiger partial charge is 0.195 e. The SMILES string of the molecule is CC(C)C1CCN(c2nc3sccn3c2CO)C1. The Kier molecular flexibility index (Phi) is 3.03. The van der Waals surface area contributed by atoms with Gasteiger partial charge in [0, 0.05) is 24.7 Å². The Bertz CT molecular complexity index is 545. The van der Waals surface area contributed by atoms with Crippen LogP contribution in [0.2, 0.25) is 0 Å². The van der Waals surface area contributed by atoms with Crippen molar-refractivity contribution in [3.8, 4) is 0 Å². The zero-order chi connectivity index (χ0) is 12.7. The minimum atomic E-state index is 0.0517. The summed E-state index contributed by atoms with van der Waals surface area (Å²) in [6.45, 7) is 6.74. The Morgan fingerprint density at radius 3 is 3.06 bits per heavy atom. The Morgan fingerprint density at radius 1 is 1.56 bits per heavy atom. The zero-order valence-electron chi connectivity index (χ0n) is 10.8. The van der Waals surface area contributed by atoms with Crippen LogP contribution in [0.15, 0.2) is 11.6 Å². The maximum absolute atomic E-state index is 9.58. The summed E-state index contributed by atoms with van der Waals surface area (Å²) >= 11 is 1.62. The van der Waals surface area contributed by atoms with Crippen molar-refractivity contribution in [1.82, 2.24) is 9.38 Å². The second-order valence-corrected chi connectivity index (χ2v) is 6.21. The minimum absolute atomic E-state index is 0.0517. The number of thiazole rings is 1. The first kappa shape index (κ1) is 12.0. The van der Waals surface area contributed by atoms with Crippen LogP contribution in [0, 0.1) is 11.8 Å². The van der Waals surface area contributed by atoms with Crippen molar-refractivity contribution < 1.29 is 5.11 Å². The molecule has 5 heteroatoms. The van der Waals surface area contributed by atoms with Gasteiger partial charge in [-0.15, -0.1) is 11.3 Å². The Morgan fingerprint density at radius 2 is 2.39 bits per heavy atom. The molecule has 1 saturated heterocycles. The molecule has 0 spiro atoms. The van der Waals surface area contributed by atoms with Crippen molar-refractivity contribution in [2.24, 2.45) is 11.8 Å². The van der Waals surface area contributed by atoms with Gasteiger partial charge in [0.1, 0.15) is 0 Å². The molecular weight excluding hydrogens is 246 g/mol. The van der Waals surface area contributed by atoms with E-state index < -0.39 is 0 Å². The Hall–Kier alpha value is -1.07. The van der Waals surface area contributed by atoms with E-state index >= 15 is 0 Å². The molecule has 1 N–H and O–H groups in total. The fourth-order valence-corrected chi connectivity index (χ4v) is 3.47. The number of hydrogen-bond acceptors (Lipinski definition) is 4. The molecule has 0 saturated carbocycles. The molecule has 2 aromatic rings. The lowest BCUT2D eigenvalue weighted by Gasteiger charge is -2.18. The van der Waals surface area contributed by atoms with Crippen LogP contribution in [0.3, 0.4) is 0 Å². The summed E-state index contributed by atoms with van der Waals surface area (Å²) < 4.78 is 2.00. The number of fused-ring (bicyclic) bond motifs is 1. The molecule has 3 heterocycles. The molecular formula is C13H19N3OS. The normalized spacial score (nSPS) is 20.4. The highest BCUT2D eigenvalue weighted by Crippen LogP contribution is 2.31. The number of rotatable bonds is 3. The molecule has 1 aliphatic rings. The molecule has 3 rings (SSSR count). The van der Waals surface area contributed by atoms with E-state index in [2.05, 4.69) is 23.7 Å². The third kappa shape index (κ3) is 1.82. The molecule has 4 nitrogen and oxygen atoms in total. The van der Waals surface area contributed by atoms with Crippen LogP contribution in [0.25, 0.3) is 4.96 Å². The van der Waals surface area contributed by atoms with Gasteiger partial charge in [0.15, 0.2) is 10.8 Å². The summed E-state index contributed by atoms with van der Waals surface area (Å²) in [5, 5.41) is 11.6. The molecule has 98 valence electrons. The topological polar surface area (TPSA) is 40.8 Å². The predicted molar refractivity (Wildman–Crippen MR) is 74.1 cm³/mol. The molecule has 1 unspecified atom stereocenters. The van der Waals surface area contributed by atoms with Gasteiger partial charge in [0.25, 0.3) is 0 Å². The first-order valence-corrected chi connectivity index (χ1v) is 7.39. The van der Waals surface area contributed by atoms with E-state index in [9.17, 15) is 5.11 Å². The van der Waals surface area contributed by atoms with Gasteiger partial charge in [-0.05, 0) is 18.3 Å². The van der Waals surface area contributed by atoms with Crippen molar-refractivity contribution in [2.75, 3.05) is 18.0 Å². The number of aliphatic hydroxyl groups is 1. The molecule has 0 aliphatic carbocycles. The second kappa shape index (κ2) is 4.55. The van der Waals surface area contributed by atoms with Crippen molar-refractivity contribution in [3.05, 3.63) is 17.3 Å².